The van der Waals surface area contributed by atoms with E-state index in [1.165, 1.54) is 23.5 Å². The molecule has 0 aliphatic rings. The molecule has 0 radical (unpaired) electrons. The van der Waals surface area contributed by atoms with Crippen LogP contribution in [-0.4, -0.2) is 15.8 Å². The van der Waals surface area contributed by atoms with Crippen LogP contribution in [0.3, 0.4) is 0 Å². The predicted octanol–water partition coefficient (Wildman–Crippen LogP) is 1.76. The zero-order valence-electron chi connectivity index (χ0n) is 9.70. The third-order valence-electron chi connectivity index (χ3n) is 2.42. The molecular weight excluding hydrogens is 268 g/mol. The van der Waals surface area contributed by atoms with Gasteiger partial charge in [-0.1, -0.05) is 0 Å². The fraction of sp³-hybridized carbons (Fsp3) is 0.0909. The average Bonchev–Trinajstić information content (AvgIpc) is 2.89. The lowest BCUT2D eigenvalue weighted by Gasteiger charge is -2.06. The summed E-state index contributed by atoms with van der Waals surface area (Å²) in [6.07, 6.45) is 0. The Hall–Kier alpha value is -2.48. The normalized spacial score (nSPS) is 10.1. The van der Waals surface area contributed by atoms with Gasteiger partial charge in [0.1, 0.15) is 5.69 Å². The van der Waals surface area contributed by atoms with Crippen molar-refractivity contribution in [3.8, 4) is 0 Å². The van der Waals surface area contributed by atoms with E-state index >= 15 is 0 Å². The fourth-order valence-corrected chi connectivity index (χ4v) is 2.05. The molecule has 2 aromatic rings. The lowest BCUT2D eigenvalue weighted by molar-refractivity contribution is -0.384. The quantitative estimate of drug-likeness (QED) is 0.639. The average molecular weight is 278 g/mol. The molecule has 1 aromatic carbocycles. The van der Waals surface area contributed by atoms with Crippen LogP contribution in [0.4, 0.5) is 11.4 Å². The first-order chi connectivity index (χ1) is 9.08. The zero-order chi connectivity index (χ0) is 13.8. The monoisotopic (exact) mass is 278 g/mol. The third kappa shape index (κ3) is 3.05. The Balaban J connectivity index is 2.24. The van der Waals surface area contributed by atoms with Gasteiger partial charge in [-0.05, 0) is 12.1 Å². The number of hydrogen-bond donors (Lipinski definition) is 2. The van der Waals surface area contributed by atoms with Gasteiger partial charge in [-0.25, -0.2) is 4.98 Å². The van der Waals surface area contributed by atoms with Crippen LogP contribution in [0.5, 0.6) is 0 Å². The molecule has 1 heterocycles. The summed E-state index contributed by atoms with van der Waals surface area (Å²) in [6, 6.07) is 4.06. The van der Waals surface area contributed by atoms with Crippen LogP contribution in [-0.2, 0) is 6.54 Å². The molecule has 7 nitrogen and oxygen atoms in total. The van der Waals surface area contributed by atoms with Crippen molar-refractivity contribution >= 4 is 28.6 Å². The summed E-state index contributed by atoms with van der Waals surface area (Å²) in [6.45, 7) is 0.375. The number of nitrogens with zero attached hydrogens (tertiary/aromatic N) is 2. The van der Waals surface area contributed by atoms with E-state index < -0.39 is 10.8 Å². The molecule has 1 aromatic heterocycles. The number of thiazole rings is 1. The molecule has 19 heavy (non-hydrogen) atoms. The van der Waals surface area contributed by atoms with Crippen molar-refractivity contribution in [2.24, 2.45) is 5.73 Å². The number of nitro benzene ring substituents is 1. The van der Waals surface area contributed by atoms with Gasteiger partial charge in [0.25, 0.3) is 5.69 Å². The van der Waals surface area contributed by atoms with Crippen molar-refractivity contribution in [2.75, 3.05) is 5.32 Å². The van der Waals surface area contributed by atoms with Gasteiger partial charge in [0.15, 0.2) is 0 Å². The molecule has 0 bridgehead atoms. The molecule has 2 rings (SSSR count). The van der Waals surface area contributed by atoms with Gasteiger partial charge in [0.05, 0.1) is 22.7 Å². The Labute approximate surface area is 112 Å². The van der Waals surface area contributed by atoms with Crippen LogP contribution in [0.15, 0.2) is 29.1 Å². The number of carbonyl (C=O) groups is 1. The standard InChI is InChI=1S/C11H10N4O3S/c12-11(16)7-1-2-9(10(3-7)15(17)18)13-4-8-5-19-6-14-8/h1-3,5-6,13H,4H2,(H2,12,16). The third-order valence-corrected chi connectivity index (χ3v) is 3.06. The molecule has 0 saturated carbocycles. The number of nitro groups is 1. The first-order valence-electron chi connectivity index (χ1n) is 5.27. The SMILES string of the molecule is NC(=O)c1ccc(NCc2cscn2)c([N+](=O)[O-])c1. The summed E-state index contributed by atoms with van der Waals surface area (Å²) in [5, 5.41) is 15.7. The van der Waals surface area contributed by atoms with Crippen molar-refractivity contribution in [2.45, 2.75) is 6.54 Å². The van der Waals surface area contributed by atoms with E-state index in [1.807, 2.05) is 5.38 Å². The maximum absolute atomic E-state index is 11.0. The van der Waals surface area contributed by atoms with E-state index in [2.05, 4.69) is 10.3 Å². The maximum atomic E-state index is 11.0. The smallest absolute Gasteiger partial charge is 0.293 e. The minimum absolute atomic E-state index is 0.103. The highest BCUT2D eigenvalue weighted by atomic mass is 32.1. The van der Waals surface area contributed by atoms with Gasteiger partial charge in [-0.2, -0.15) is 0 Å². The number of carbonyl (C=O) groups excluding carboxylic acids is 1. The van der Waals surface area contributed by atoms with E-state index in [0.29, 0.717) is 12.2 Å². The van der Waals surface area contributed by atoms with E-state index in [1.54, 1.807) is 5.51 Å². The van der Waals surface area contributed by atoms with Gasteiger partial charge < -0.3 is 11.1 Å². The van der Waals surface area contributed by atoms with Gasteiger partial charge in [0.2, 0.25) is 5.91 Å². The molecule has 0 aliphatic carbocycles. The van der Waals surface area contributed by atoms with Crippen LogP contribution in [0.1, 0.15) is 16.1 Å². The van der Waals surface area contributed by atoms with Gasteiger partial charge >= 0.3 is 0 Å². The lowest BCUT2D eigenvalue weighted by atomic mass is 10.1. The highest BCUT2D eigenvalue weighted by Gasteiger charge is 2.16. The minimum Gasteiger partial charge on any atom is -0.374 e. The number of benzene rings is 1. The second kappa shape index (κ2) is 5.44. The van der Waals surface area contributed by atoms with Crippen LogP contribution in [0, 0.1) is 10.1 Å². The Morgan fingerprint density at radius 1 is 1.53 bits per heavy atom. The predicted molar refractivity (Wildman–Crippen MR) is 71.1 cm³/mol. The van der Waals surface area contributed by atoms with Gasteiger partial charge in [-0.15, -0.1) is 11.3 Å². The summed E-state index contributed by atoms with van der Waals surface area (Å²) in [5.41, 5.74) is 7.80. The van der Waals surface area contributed by atoms with Crippen molar-refractivity contribution in [1.29, 1.82) is 0 Å². The van der Waals surface area contributed by atoms with Crippen molar-refractivity contribution in [1.82, 2.24) is 4.98 Å². The van der Waals surface area contributed by atoms with E-state index in [-0.39, 0.29) is 11.3 Å². The van der Waals surface area contributed by atoms with Crippen LogP contribution >= 0.6 is 11.3 Å². The number of nitrogens with two attached hydrogens (primary N) is 1. The first-order valence-corrected chi connectivity index (χ1v) is 6.21. The fourth-order valence-electron chi connectivity index (χ4n) is 1.50. The summed E-state index contributed by atoms with van der Waals surface area (Å²) < 4.78 is 0. The molecule has 0 spiro atoms. The number of nitrogens with one attached hydrogen (secondary N) is 1. The van der Waals surface area contributed by atoms with Crippen molar-refractivity contribution in [3.63, 3.8) is 0 Å². The summed E-state index contributed by atoms with van der Waals surface area (Å²) >= 11 is 1.45. The summed E-state index contributed by atoms with van der Waals surface area (Å²) in [4.78, 5) is 25.5. The molecule has 0 unspecified atom stereocenters. The zero-order valence-corrected chi connectivity index (χ0v) is 10.5. The van der Waals surface area contributed by atoms with Crippen molar-refractivity contribution < 1.29 is 9.72 Å². The van der Waals surface area contributed by atoms with Gasteiger partial charge in [-0.3, -0.25) is 14.9 Å². The van der Waals surface area contributed by atoms with Crippen LogP contribution in [0.25, 0.3) is 0 Å². The summed E-state index contributed by atoms with van der Waals surface area (Å²) in [5.74, 6) is -0.700. The first kappa shape index (κ1) is 13.0. The largest absolute Gasteiger partial charge is 0.374 e. The van der Waals surface area contributed by atoms with Crippen molar-refractivity contribution in [3.05, 3.63) is 50.5 Å². The lowest BCUT2D eigenvalue weighted by Crippen LogP contribution is -2.12. The second-order valence-corrected chi connectivity index (χ2v) is 4.41. The maximum Gasteiger partial charge on any atom is 0.293 e. The van der Waals surface area contributed by atoms with E-state index in [9.17, 15) is 14.9 Å². The molecule has 98 valence electrons. The molecule has 0 atom stereocenters. The topological polar surface area (TPSA) is 111 Å². The molecule has 0 fully saturated rings. The Bertz CT molecular complexity index is 612. The number of amides is 1. The van der Waals surface area contributed by atoms with E-state index in [0.717, 1.165) is 11.8 Å². The number of aromatic nitrogens is 1. The minimum atomic E-state index is -0.700. The second-order valence-electron chi connectivity index (χ2n) is 3.69. The van der Waals surface area contributed by atoms with Crippen LogP contribution in [0.2, 0.25) is 0 Å². The molecule has 3 N–H and O–H groups in total. The number of anilines is 1. The Kier molecular flexibility index (Phi) is 3.71. The summed E-state index contributed by atoms with van der Waals surface area (Å²) in [7, 11) is 0. The van der Waals surface area contributed by atoms with Crippen LogP contribution < -0.4 is 11.1 Å². The number of primary amides is 1. The molecule has 0 saturated heterocycles. The highest BCUT2D eigenvalue weighted by Crippen LogP contribution is 2.25. The van der Waals surface area contributed by atoms with E-state index in [4.69, 9.17) is 5.73 Å². The Morgan fingerprint density at radius 2 is 2.32 bits per heavy atom. The van der Waals surface area contributed by atoms with Gasteiger partial charge in [0, 0.05) is 17.0 Å². The number of rotatable bonds is 5. The highest BCUT2D eigenvalue weighted by molar-refractivity contribution is 7.07. The molecular formula is C11H10N4O3S. The molecule has 1 amide bonds. The molecule has 8 heteroatoms. The Morgan fingerprint density at radius 3 is 2.89 bits per heavy atom. The number of hydrogen-bond acceptors (Lipinski definition) is 6. The molecule has 0 aliphatic heterocycles.